The molecule has 0 aromatic heterocycles. The molecular formula is C7H13NO4. The second-order valence-corrected chi connectivity index (χ2v) is 2.45. The van der Waals surface area contributed by atoms with Crippen molar-refractivity contribution < 1.29 is 19.8 Å². The average Bonchev–Trinajstić information content (AvgIpc) is 2.00. The molecule has 0 aliphatic heterocycles. The van der Waals surface area contributed by atoms with E-state index in [2.05, 4.69) is 0 Å². The largest absolute Gasteiger partial charge is 0.481 e. The second kappa shape index (κ2) is 5.68. The zero-order valence-corrected chi connectivity index (χ0v) is 6.69. The normalized spacial score (nSPS) is 12.5. The molecule has 0 spiro atoms. The molecule has 1 unspecified atom stereocenters. The van der Waals surface area contributed by atoms with Gasteiger partial charge in [-0.3, -0.25) is 9.59 Å². The molecule has 1 atom stereocenters. The van der Waals surface area contributed by atoms with E-state index in [0.717, 1.165) is 0 Å². The summed E-state index contributed by atoms with van der Waals surface area (Å²) in [7, 11) is 0. The highest BCUT2D eigenvalue weighted by atomic mass is 16.4. The third-order valence-electron chi connectivity index (χ3n) is 1.40. The monoisotopic (exact) mass is 175 g/mol. The van der Waals surface area contributed by atoms with Crippen molar-refractivity contribution in [1.29, 1.82) is 0 Å². The summed E-state index contributed by atoms with van der Waals surface area (Å²) in [5.41, 5.74) is 5.09. The first-order chi connectivity index (χ1) is 5.57. The number of rotatable bonds is 6. The fourth-order valence-corrected chi connectivity index (χ4v) is 0.716. The van der Waals surface area contributed by atoms with Crippen LogP contribution in [0.2, 0.25) is 0 Å². The molecule has 70 valence electrons. The number of ketones is 1. The van der Waals surface area contributed by atoms with Crippen molar-refractivity contribution in [2.45, 2.75) is 25.4 Å². The van der Waals surface area contributed by atoms with Crippen molar-refractivity contribution in [2.24, 2.45) is 5.73 Å². The number of Topliss-reactive ketones (excluding diaryl/α,β-unsaturated/α-hetero) is 1. The van der Waals surface area contributed by atoms with Crippen LogP contribution in [0.25, 0.3) is 0 Å². The molecule has 12 heavy (non-hydrogen) atoms. The fourth-order valence-electron chi connectivity index (χ4n) is 0.716. The molecule has 4 N–H and O–H groups in total. The molecule has 0 amide bonds. The Morgan fingerprint density at radius 3 is 2.33 bits per heavy atom. The molecular weight excluding hydrogens is 162 g/mol. The van der Waals surface area contributed by atoms with E-state index in [0.29, 0.717) is 0 Å². The Balaban J connectivity index is 3.64. The summed E-state index contributed by atoms with van der Waals surface area (Å²) in [5, 5.41) is 17.2. The molecule has 0 aliphatic rings. The van der Waals surface area contributed by atoms with E-state index in [9.17, 15) is 9.59 Å². The lowest BCUT2D eigenvalue weighted by atomic mass is 10.1. The quantitative estimate of drug-likeness (QED) is 0.487. The van der Waals surface area contributed by atoms with Crippen LogP contribution in [-0.2, 0) is 9.59 Å². The topological polar surface area (TPSA) is 101 Å². The molecule has 0 radical (unpaired) electrons. The molecule has 0 rings (SSSR count). The predicted molar refractivity (Wildman–Crippen MR) is 41.6 cm³/mol. The van der Waals surface area contributed by atoms with Gasteiger partial charge in [-0.05, 0) is 13.0 Å². The van der Waals surface area contributed by atoms with Crippen molar-refractivity contribution in [2.75, 3.05) is 6.54 Å². The molecule has 0 aromatic carbocycles. The van der Waals surface area contributed by atoms with Crippen LogP contribution in [-0.4, -0.2) is 34.6 Å². The number of carbonyl (C=O) groups excluding carboxylic acids is 1. The van der Waals surface area contributed by atoms with Crippen molar-refractivity contribution in [3.63, 3.8) is 0 Å². The van der Waals surface area contributed by atoms with Crippen molar-refractivity contribution in [3.05, 3.63) is 0 Å². The van der Waals surface area contributed by atoms with Gasteiger partial charge in [0.2, 0.25) is 0 Å². The summed E-state index contributed by atoms with van der Waals surface area (Å²) in [6, 6.07) is 0. The third-order valence-corrected chi connectivity index (χ3v) is 1.40. The molecule has 5 nitrogen and oxygen atoms in total. The van der Waals surface area contributed by atoms with Gasteiger partial charge in [0, 0.05) is 6.42 Å². The third kappa shape index (κ3) is 4.81. The van der Waals surface area contributed by atoms with Crippen LogP contribution in [0.5, 0.6) is 0 Å². The highest BCUT2D eigenvalue weighted by Gasteiger charge is 2.14. The summed E-state index contributed by atoms with van der Waals surface area (Å²) >= 11 is 0. The predicted octanol–water partition coefficient (Wildman–Crippen LogP) is -0.870. The van der Waals surface area contributed by atoms with Gasteiger partial charge in [0.25, 0.3) is 0 Å². The van der Waals surface area contributed by atoms with E-state index >= 15 is 0 Å². The first-order valence-corrected chi connectivity index (χ1v) is 3.70. The zero-order valence-electron chi connectivity index (χ0n) is 6.69. The Morgan fingerprint density at radius 1 is 1.33 bits per heavy atom. The summed E-state index contributed by atoms with van der Waals surface area (Å²) in [6.45, 7) is 0.222. The number of aliphatic hydroxyl groups is 1. The maximum absolute atomic E-state index is 10.9. The Labute approximate surface area is 70.2 Å². The van der Waals surface area contributed by atoms with Gasteiger partial charge in [-0.15, -0.1) is 0 Å². The average molecular weight is 175 g/mol. The lowest BCUT2D eigenvalue weighted by Gasteiger charge is -2.05. The summed E-state index contributed by atoms with van der Waals surface area (Å²) in [4.78, 5) is 20.9. The van der Waals surface area contributed by atoms with Crippen LogP contribution in [0.3, 0.4) is 0 Å². The van der Waals surface area contributed by atoms with E-state index in [1.54, 1.807) is 0 Å². The molecule has 0 saturated heterocycles. The summed E-state index contributed by atoms with van der Waals surface area (Å²) < 4.78 is 0. The van der Waals surface area contributed by atoms with Gasteiger partial charge in [0.05, 0.1) is 6.42 Å². The fraction of sp³-hybridized carbons (Fsp3) is 0.714. The minimum Gasteiger partial charge on any atom is -0.481 e. The Morgan fingerprint density at radius 2 is 1.92 bits per heavy atom. The Bertz CT molecular complexity index is 169. The van der Waals surface area contributed by atoms with Gasteiger partial charge in [-0.2, -0.15) is 0 Å². The SMILES string of the molecule is NCCC(O)C(=O)CCC(=O)O. The number of nitrogens with two attached hydrogens (primary N) is 1. The standard InChI is InChI=1S/C7H13NO4/c8-4-3-6(10)5(9)1-2-7(11)12/h6,10H,1-4,8H2,(H,11,12). The van der Waals surface area contributed by atoms with E-state index in [1.165, 1.54) is 0 Å². The van der Waals surface area contributed by atoms with Crippen LogP contribution in [0.15, 0.2) is 0 Å². The summed E-state index contributed by atoms with van der Waals surface area (Å²) in [5.74, 6) is -1.49. The first-order valence-electron chi connectivity index (χ1n) is 3.70. The van der Waals surface area contributed by atoms with Crippen molar-refractivity contribution in [1.82, 2.24) is 0 Å². The first kappa shape index (κ1) is 11.1. The minimum absolute atomic E-state index is 0.128. The van der Waals surface area contributed by atoms with Gasteiger partial charge in [-0.25, -0.2) is 0 Å². The number of carboxylic acids is 1. The van der Waals surface area contributed by atoms with Gasteiger partial charge < -0.3 is 15.9 Å². The van der Waals surface area contributed by atoms with Crippen LogP contribution < -0.4 is 5.73 Å². The molecule has 0 aromatic rings. The number of aliphatic hydroxyl groups excluding tert-OH is 1. The molecule has 0 saturated carbocycles. The van der Waals surface area contributed by atoms with Crippen LogP contribution in [0.1, 0.15) is 19.3 Å². The smallest absolute Gasteiger partial charge is 0.303 e. The van der Waals surface area contributed by atoms with Crippen LogP contribution in [0.4, 0.5) is 0 Å². The Kier molecular flexibility index (Phi) is 5.23. The van der Waals surface area contributed by atoms with E-state index in [4.69, 9.17) is 15.9 Å². The number of aliphatic carboxylic acids is 1. The van der Waals surface area contributed by atoms with E-state index in [-0.39, 0.29) is 25.8 Å². The molecule has 0 aliphatic carbocycles. The lowest BCUT2D eigenvalue weighted by Crippen LogP contribution is -2.24. The lowest BCUT2D eigenvalue weighted by molar-refractivity contribution is -0.139. The molecule has 0 fully saturated rings. The van der Waals surface area contributed by atoms with Crippen molar-refractivity contribution in [3.8, 4) is 0 Å². The highest BCUT2D eigenvalue weighted by Crippen LogP contribution is 1.99. The number of carbonyl (C=O) groups is 2. The minimum atomic E-state index is -1.10. The Hall–Kier alpha value is -0.940. The second-order valence-electron chi connectivity index (χ2n) is 2.45. The van der Waals surface area contributed by atoms with Gasteiger partial charge in [0.15, 0.2) is 5.78 Å². The summed E-state index contributed by atoms with van der Waals surface area (Å²) in [6.07, 6.45) is -1.27. The van der Waals surface area contributed by atoms with Crippen molar-refractivity contribution >= 4 is 11.8 Å². The molecule has 5 heteroatoms. The molecule has 0 heterocycles. The van der Waals surface area contributed by atoms with E-state index < -0.39 is 17.9 Å². The van der Waals surface area contributed by atoms with Crippen LogP contribution in [0, 0.1) is 0 Å². The maximum Gasteiger partial charge on any atom is 0.303 e. The zero-order chi connectivity index (χ0) is 9.56. The maximum atomic E-state index is 10.9. The number of hydrogen-bond acceptors (Lipinski definition) is 4. The number of carboxylic acid groups (broad SMARTS) is 1. The van der Waals surface area contributed by atoms with Gasteiger partial charge in [-0.1, -0.05) is 0 Å². The van der Waals surface area contributed by atoms with E-state index in [1.807, 2.05) is 0 Å². The number of hydrogen-bond donors (Lipinski definition) is 3. The van der Waals surface area contributed by atoms with Gasteiger partial charge >= 0.3 is 5.97 Å². The highest BCUT2D eigenvalue weighted by molar-refractivity contribution is 5.85. The molecule has 0 bridgehead atoms. The van der Waals surface area contributed by atoms with Crippen LogP contribution >= 0.6 is 0 Å². The van der Waals surface area contributed by atoms with Gasteiger partial charge in [0.1, 0.15) is 6.10 Å².